The lowest BCUT2D eigenvalue weighted by atomic mass is 10.2. The molecule has 0 unspecified atom stereocenters. The Kier molecular flexibility index (Phi) is 6.81. The standard InChI is InChI=1S/C12H18Cl2N2/c1-15-6-2-3-7-16-9-10-4-5-11(13)12(14)8-10/h4-5,8,15-16H,2-3,6-7,9H2,1H3. The Hall–Kier alpha value is -0.280. The van der Waals surface area contributed by atoms with Crippen LogP contribution in [0.1, 0.15) is 18.4 Å². The third kappa shape index (κ3) is 5.17. The van der Waals surface area contributed by atoms with Gasteiger partial charge in [0.1, 0.15) is 0 Å². The number of hydrogen-bond acceptors (Lipinski definition) is 2. The third-order valence-electron chi connectivity index (χ3n) is 2.34. The average molecular weight is 261 g/mol. The zero-order valence-electron chi connectivity index (χ0n) is 9.52. The molecule has 0 saturated carbocycles. The molecule has 2 N–H and O–H groups in total. The largest absolute Gasteiger partial charge is 0.320 e. The van der Waals surface area contributed by atoms with Gasteiger partial charge in [-0.25, -0.2) is 0 Å². The van der Waals surface area contributed by atoms with Crippen molar-refractivity contribution in [1.82, 2.24) is 10.6 Å². The first-order chi connectivity index (χ1) is 7.74. The normalized spacial score (nSPS) is 10.7. The Labute approximate surface area is 107 Å². The van der Waals surface area contributed by atoms with Crippen LogP contribution in [0, 0.1) is 0 Å². The summed E-state index contributed by atoms with van der Waals surface area (Å²) in [5.74, 6) is 0. The summed E-state index contributed by atoms with van der Waals surface area (Å²) < 4.78 is 0. The van der Waals surface area contributed by atoms with E-state index in [0.29, 0.717) is 10.0 Å². The molecule has 0 saturated heterocycles. The van der Waals surface area contributed by atoms with Crippen molar-refractivity contribution < 1.29 is 0 Å². The van der Waals surface area contributed by atoms with Crippen molar-refractivity contribution in [2.24, 2.45) is 0 Å². The van der Waals surface area contributed by atoms with Crippen LogP contribution in [0.3, 0.4) is 0 Å². The van der Waals surface area contributed by atoms with Crippen molar-refractivity contribution in [1.29, 1.82) is 0 Å². The number of halogens is 2. The summed E-state index contributed by atoms with van der Waals surface area (Å²) in [4.78, 5) is 0. The van der Waals surface area contributed by atoms with Gasteiger partial charge in [-0.2, -0.15) is 0 Å². The molecule has 0 spiro atoms. The molecule has 1 aromatic carbocycles. The second kappa shape index (κ2) is 7.91. The van der Waals surface area contributed by atoms with Crippen molar-refractivity contribution >= 4 is 23.2 Å². The minimum absolute atomic E-state index is 0.611. The second-order valence-electron chi connectivity index (χ2n) is 3.74. The van der Waals surface area contributed by atoms with Crippen LogP contribution in [0.15, 0.2) is 18.2 Å². The summed E-state index contributed by atoms with van der Waals surface area (Å²) in [6, 6.07) is 5.74. The van der Waals surface area contributed by atoms with Crippen LogP contribution in [0.25, 0.3) is 0 Å². The molecular weight excluding hydrogens is 243 g/mol. The molecular formula is C12H18Cl2N2. The third-order valence-corrected chi connectivity index (χ3v) is 3.08. The molecule has 0 fully saturated rings. The number of hydrogen-bond donors (Lipinski definition) is 2. The molecule has 0 amide bonds. The zero-order valence-corrected chi connectivity index (χ0v) is 11.0. The van der Waals surface area contributed by atoms with Crippen LogP contribution in [0.5, 0.6) is 0 Å². The molecule has 0 aliphatic rings. The minimum Gasteiger partial charge on any atom is -0.320 e. The molecule has 0 radical (unpaired) electrons. The van der Waals surface area contributed by atoms with Gasteiger partial charge in [-0.15, -0.1) is 0 Å². The number of nitrogens with one attached hydrogen (secondary N) is 2. The molecule has 0 bridgehead atoms. The maximum atomic E-state index is 5.93. The first-order valence-corrected chi connectivity index (χ1v) is 6.29. The smallest absolute Gasteiger partial charge is 0.0595 e. The molecule has 0 aromatic heterocycles. The van der Waals surface area contributed by atoms with Crippen molar-refractivity contribution in [3.63, 3.8) is 0 Å². The van der Waals surface area contributed by atoms with Gasteiger partial charge in [-0.3, -0.25) is 0 Å². The van der Waals surface area contributed by atoms with Gasteiger partial charge >= 0.3 is 0 Å². The van der Waals surface area contributed by atoms with Gasteiger partial charge in [0, 0.05) is 6.54 Å². The highest BCUT2D eigenvalue weighted by atomic mass is 35.5. The van der Waals surface area contributed by atoms with E-state index in [4.69, 9.17) is 23.2 Å². The number of benzene rings is 1. The fourth-order valence-electron chi connectivity index (χ4n) is 1.43. The highest BCUT2D eigenvalue weighted by Gasteiger charge is 1.98. The van der Waals surface area contributed by atoms with E-state index in [0.717, 1.165) is 19.6 Å². The SMILES string of the molecule is CNCCCCNCc1ccc(Cl)c(Cl)c1. The lowest BCUT2D eigenvalue weighted by Gasteiger charge is -2.06. The van der Waals surface area contributed by atoms with Gasteiger partial charge in [0.25, 0.3) is 0 Å². The van der Waals surface area contributed by atoms with Crippen molar-refractivity contribution in [2.45, 2.75) is 19.4 Å². The van der Waals surface area contributed by atoms with Crippen LogP contribution in [0.4, 0.5) is 0 Å². The fourth-order valence-corrected chi connectivity index (χ4v) is 1.75. The summed E-state index contributed by atoms with van der Waals surface area (Å²) in [7, 11) is 1.98. The van der Waals surface area contributed by atoms with Crippen LogP contribution in [-0.2, 0) is 6.54 Å². The van der Waals surface area contributed by atoms with Crippen molar-refractivity contribution in [2.75, 3.05) is 20.1 Å². The topological polar surface area (TPSA) is 24.1 Å². The van der Waals surface area contributed by atoms with E-state index in [1.54, 1.807) is 0 Å². The van der Waals surface area contributed by atoms with E-state index < -0.39 is 0 Å². The highest BCUT2D eigenvalue weighted by molar-refractivity contribution is 6.42. The van der Waals surface area contributed by atoms with E-state index in [-0.39, 0.29) is 0 Å². The molecule has 0 heterocycles. The van der Waals surface area contributed by atoms with E-state index >= 15 is 0 Å². The minimum atomic E-state index is 0.611. The predicted molar refractivity (Wildman–Crippen MR) is 71.3 cm³/mol. The van der Waals surface area contributed by atoms with Gasteiger partial charge in [0.05, 0.1) is 10.0 Å². The molecule has 2 nitrogen and oxygen atoms in total. The maximum absolute atomic E-state index is 5.93. The molecule has 1 rings (SSSR count). The average Bonchev–Trinajstić information content (AvgIpc) is 2.28. The van der Waals surface area contributed by atoms with Gasteiger partial charge in [-0.05, 0) is 50.7 Å². The van der Waals surface area contributed by atoms with Crippen LogP contribution < -0.4 is 10.6 Å². The zero-order chi connectivity index (χ0) is 11.8. The lowest BCUT2D eigenvalue weighted by molar-refractivity contribution is 0.605. The van der Waals surface area contributed by atoms with Crippen LogP contribution >= 0.6 is 23.2 Å². The van der Waals surface area contributed by atoms with Gasteiger partial charge < -0.3 is 10.6 Å². The van der Waals surface area contributed by atoms with Gasteiger partial charge in [-0.1, -0.05) is 29.3 Å². The second-order valence-corrected chi connectivity index (χ2v) is 4.55. The number of rotatable bonds is 7. The molecule has 16 heavy (non-hydrogen) atoms. The maximum Gasteiger partial charge on any atom is 0.0595 e. The van der Waals surface area contributed by atoms with E-state index in [9.17, 15) is 0 Å². The molecule has 90 valence electrons. The molecule has 4 heteroatoms. The van der Waals surface area contributed by atoms with Crippen molar-refractivity contribution in [3.05, 3.63) is 33.8 Å². The lowest BCUT2D eigenvalue weighted by Crippen LogP contribution is -2.16. The van der Waals surface area contributed by atoms with Gasteiger partial charge in [0.15, 0.2) is 0 Å². The van der Waals surface area contributed by atoms with Crippen LogP contribution in [0.2, 0.25) is 10.0 Å². The Bertz CT molecular complexity index is 316. The Balaban J connectivity index is 2.19. The predicted octanol–water partition coefficient (Wildman–Crippen LogP) is 3.08. The van der Waals surface area contributed by atoms with Gasteiger partial charge in [0.2, 0.25) is 0 Å². The Morgan fingerprint density at radius 3 is 2.50 bits per heavy atom. The Morgan fingerprint density at radius 2 is 1.81 bits per heavy atom. The van der Waals surface area contributed by atoms with Crippen molar-refractivity contribution in [3.8, 4) is 0 Å². The molecule has 0 atom stereocenters. The fraction of sp³-hybridized carbons (Fsp3) is 0.500. The monoisotopic (exact) mass is 260 g/mol. The summed E-state index contributed by atoms with van der Waals surface area (Å²) in [6.07, 6.45) is 2.38. The Morgan fingerprint density at radius 1 is 1.06 bits per heavy atom. The quantitative estimate of drug-likeness (QED) is 0.737. The summed E-state index contributed by atoms with van der Waals surface area (Å²) in [6.45, 7) is 2.95. The first-order valence-electron chi connectivity index (χ1n) is 5.53. The van der Waals surface area contributed by atoms with E-state index in [2.05, 4.69) is 10.6 Å². The molecule has 0 aliphatic heterocycles. The summed E-state index contributed by atoms with van der Waals surface area (Å²) in [5, 5.41) is 7.74. The molecule has 0 aliphatic carbocycles. The number of unbranched alkanes of at least 4 members (excludes halogenated alkanes) is 1. The first kappa shape index (κ1) is 13.8. The van der Waals surface area contributed by atoms with E-state index in [1.165, 1.54) is 18.4 Å². The highest BCUT2D eigenvalue weighted by Crippen LogP contribution is 2.22. The van der Waals surface area contributed by atoms with Crippen LogP contribution in [-0.4, -0.2) is 20.1 Å². The van der Waals surface area contributed by atoms with E-state index in [1.807, 2.05) is 25.2 Å². The summed E-state index contributed by atoms with van der Waals surface area (Å²) in [5.41, 5.74) is 1.17. The molecule has 1 aromatic rings. The summed E-state index contributed by atoms with van der Waals surface area (Å²) >= 11 is 11.8.